The monoisotopic (exact) mass is 313 g/mol. The Kier molecular flexibility index (Phi) is 3.82. The molecular weight excluding hydrogens is 294 g/mol. The van der Waals surface area contributed by atoms with Crippen LogP contribution in [0.25, 0.3) is 0 Å². The van der Waals surface area contributed by atoms with Crippen LogP contribution >= 0.6 is 0 Å². The minimum absolute atomic E-state index is 0.0698. The molecule has 0 bridgehead atoms. The number of amides is 3. The summed E-state index contributed by atoms with van der Waals surface area (Å²) in [5, 5.41) is 2.90. The first-order valence-electron chi connectivity index (χ1n) is 7.38. The van der Waals surface area contributed by atoms with Crippen LogP contribution in [0.1, 0.15) is 11.6 Å². The zero-order chi connectivity index (χ0) is 16.6. The Balaban J connectivity index is 2.04. The maximum Gasteiger partial charge on any atom is 0.322 e. The molecule has 0 aromatic heterocycles. The predicted molar refractivity (Wildman–Crippen MR) is 85.8 cm³/mol. The first-order chi connectivity index (χ1) is 11.1. The number of rotatable bonds is 4. The van der Waals surface area contributed by atoms with Gasteiger partial charge in [-0.05, 0) is 17.7 Å². The summed E-state index contributed by atoms with van der Waals surface area (Å²) in [7, 11) is 3.26. The quantitative estimate of drug-likeness (QED) is 0.860. The predicted octanol–water partition coefficient (Wildman–Crippen LogP) is 1.67. The molecule has 0 spiro atoms. The number of hydrogen-bond donors (Lipinski definition) is 1. The molecule has 1 atom stereocenters. The Morgan fingerprint density at radius 2 is 2.22 bits per heavy atom. The first kappa shape index (κ1) is 15.1. The number of ether oxygens (including phenoxy) is 1. The minimum atomic E-state index is -0.467. The lowest BCUT2D eigenvalue weighted by atomic mass is 9.95. The molecule has 2 heterocycles. The molecule has 120 valence electrons. The number of nitrogens with one attached hydrogen (secondary N) is 1. The second-order valence-electron chi connectivity index (χ2n) is 5.55. The van der Waals surface area contributed by atoms with E-state index in [-0.39, 0.29) is 11.9 Å². The van der Waals surface area contributed by atoms with Gasteiger partial charge in [0.1, 0.15) is 5.75 Å². The zero-order valence-corrected chi connectivity index (χ0v) is 13.2. The molecule has 3 amide bonds. The van der Waals surface area contributed by atoms with Gasteiger partial charge in [0.25, 0.3) is 5.91 Å². The highest BCUT2D eigenvalue weighted by atomic mass is 16.5. The number of benzene rings is 1. The van der Waals surface area contributed by atoms with E-state index in [4.69, 9.17) is 4.74 Å². The summed E-state index contributed by atoms with van der Waals surface area (Å²) in [6, 6.07) is 6.71. The van der Waals surface area contributed by atoms with Gasteiger partial charge in [-0.15, -0.1) is 6.58 Å². The lowest BCUT2D eigenvalue weighted by molar-refractivity contribution is -0.125. The fraction of sp³-hybridized carbons (Fsp3) is 0.294. The van der Waals surface area contributed by atoms with Gasteiger partial charge in [-0.25, -0.2) is 4.79 Å². The molecule has 0 fully saturated rings. The van der Waals surface area contributed by atoms with Crippen LogP contribution in [0, 0.1) is 0 Å². The molecule has 1 N–H and O–H groups in total. The van der Waals surface area contributed by atoms with E-state index in [2.05, 4.69) is 11.9 Å². The van der Waals surface area contributed by atoms with Crippen LogP contribution in [0.5, 0.6) is 5.75 Å². The zero-order valence-electron chi connectivity index (χ0n) is 13.2. The second kappa shape index (κ2) is 5.79. The fourth-order valence-corrected chi connectivity index (χ4v) is 3.00. The molecule has 3 rings (SSSR count). The standard InChI is InChI=1S/C17H19N3O3/c1-4-8-20-10-13-14(16(20)21)15(18-17(22)19(13)2)11-6-5-7-12(9-11)23-3/h4-7,9,15H,1,8,10H2,2-3H3,(H,18,22)/t15-/m1/s1. The Hall–Kier alpha value is -2.76. The third kappa shape index (κ3) is 2.46. The van der Waals surface area contributed by atoms with Gasteiger partial charge >= 0.3 is 6.03 Å². The van der Waals surface area contributed by atoms with E-state index in [0.29, 0.717) is 24.4 Å². The number of carbonyl (C=O) groups excluding carboxylic acids is 2. The molecule has 6 heteroatoms. The molecule has 6 nitrogen and oxygen atoms in total. The largest absolute Gasteiger partial charge is 0.497 e. The molecule has 23 heavy (non-hydrogen) atoms. The molecule has 0 saturated heterocycles. The Labute approximate surface area is 135 Å². The van der Waals surface area contributed by atoms with E-state index in [1.807, 2.05) is 24.3 Å². The summed E-state index contributed by atoms with van der Waals surface area (Å²) >= 11 is 0. The Morgan fingerprint density at radius 3 is 2.91 bits per heavy atom. The molecule has 0 unspecified atom stereocenters. The van der Waals surface area contributed by atoms with Gasteiger partial charge in [-0.3, -0.25) is 9.69 Å². The molecule has 0 radical (unpaired) electrons. The van der Waals surface area contributed by atoms with Gasteiger partial charge in [0.15, 0.2) is 0 Å². The number of carbonyl (C=O) groups is 2. The van der Waals surface area contributed by atoms with E-state index in [1.165, 1.54) is 4.90 Å². The molecule has 1 aromatic rings. The minimum Gasteiger partial charge on any atom is -0.497 e. The maximum atomic E-state index is 12.7. The second-order valence-corrected chi connectivity index (χ2v) is 5.55. The van der Waals surface area contributed by atoms with Crippen molar-refractivity contribution < 1.29 is 14.3 Å². The van der Waals surface area contributed by atoms with Crippen LogP contribution in [0.15, 0.2) is 48.2 Å². The summed E-state index contributed by atoms with van der Waals surface area (Å²) in [6.45, 7) is 4.56. The summed E-state index contributed by atoms with van der Waals surface area (Å²) in [5.74, 6) is 0.616. The number of urea groups is 1. The van der Waals surface area contributed by atoms with Gasteiger partial charge in [0.05, 0.1) is 31.0 Å². The normalized spacial score (nSPS) is 20.5. The van der Waals surface area contributed by atoms with E-state index in [0.717, 1.165) is 11.3 Å². The van der Waals surface area contributed by atoms with Crippen molar-refractivity contribution in [3.05, 3.63) is 53.8 Å². The van der Waals surface area contributed by atoms with Crippen molar-refractivity contribution in [3.8, 4) is 5.75 Å². The molecule has 0 saturated carbocycles. The number of hydrogen-bond acceptors (Lipinski definition) is 3. The average molecular weight is 313 g/mol. The third-order valence-corrected chi connectivity index (χ3v) is 4.21. The highest BCUT2D eigenvalue weighted by Gasteiger charge is 2.42. The number of methoxy groups -OCH3 is 1. The van der Waals surface area contributed by atoms with E-state index in [1.54, 1.807) is 25.1 Å². The topological polar surface area (TPSA) is 61.9 Å². The summed E-state index contributed by atoms with van der Waals surface area (Å²) in [5.41, 5.74) is 2.18. The highest BCUT2D eigenvalue weighted by Crippen LogP contribution is 2.36. The van der Waals surface area contributed by atoms with Crippen molar-refractivity contribution in [2.24, 2.45) is 0 Å². The number of nitrogens with zero attached hydrogens (tertiary/aromatic N) is 2. The van der Waals surface area contributed by atoms with Crippen LogP contribution in [0.4, 0.5) is 4.79 Å². The van der Waals surface area contributed by atoms with Crippen LogP contribution in [0.2, 0.25) is 0 Å². The SMILES string of the molecule is C=CCN1CC2=C(C1=O)[C@@H](c1cccc(OC)c1)NC(=O)N2C. The van der Waals surface area contributed by atoms with Gasteiger partial charge in [-0.1, -0.05) is 18.2 Å². The Morgan fingerprint density at radius 1 is 1.43 bits per heavy atom. The fourth-order valence-electron chi connectivity index (χ4n) is 3.00. The van der Waals surface area contributed by atoms with E-state index < -0.39 is 6.04 Å². The summed E-state index contributed by atoms with van der Waals surface area (Å²) in [4.78, 5) is 28.2. The van der Waals surface area contributed by atoms with Crippen LogP contribution in [0.3, 0.4) is 0 Å². The number of likely N-dealkylation sites (N-methyl/N-ethyl adjacent to an activating group) is 1. The maximum absolute atomic E-state index is 12.7. The lowest BCUT2D eigenvalue weighted by Gasteiger charge is -2.31. The summed E-state index contributed by atoms with van der Waals surface area (Å²) < 4.78 is 5.24. The first-order valence-corrected chi connectivity index (χ1v) is 7.38. The van der Waals surface area contributed by atoms with Crippen molar-refractivity contribution in [1.29, 1.82) is 0 Å². The van der Waals surface area contributed by atoms with Crippen LogP contribution in [-0.2, 0) is 4.79 Å². The van der Waals surface area contributed by atoms with Gasteiger partial charge < -0.3 is 15.0 Å². The van der Waals surface area contributed by atoms with Gasteiger partial charge in [0.2, 0.25) is 0 Å². The average Bonchev–Trinajstić information content (AvgIpc) is 2.89. The van der Waals surface area contributed by atoms with Crippen molar-refractivity contribution in [2.45, 2.75) is 6.04 Å². The van der Waals surface area contributed by atoms with Crippen LogP contribution < -0.4 is 10.1 Å². The summed E-state index contributed by atoms with van der Waals surface area (Å²) in [6.07, 6.45) is 1.69. The van der Waals surface area contributed by atoms with Crippen molar-refractivity contribution in [3.63, 3.8) is 0 Å². The van der Waals surface area contributed by atoms with Crippen LogP contribution in [-0.4, -0.2) is 49.0 Å². The van der Waals surface area contributed by atoms with Gasteiger partial charge in [0, 0.05) is 13.6 Å². The molecular formula is C17H19N3O3. The molecule has 2 aliphatic rings. The van der Waals surface area contributed by atoms with Crippen molar-refractivity contribution >= 4 is 11.9 Å². The third-order valence-electron chi connectivity index (χ3n) is 4.21. The van der Waals surface area contributed by atoms with Gasteiger partial charge in [-0.2, -0.15) is 0 Å². The van der Waals surface area contributed by atoms with E-state index >= 15 is 0 Å². The van der Waals surface area contributed by atoms with E-state index in [9.17, 15) is 9.59 Å². The van der Waals surface area contributed by atoms with Crippen molar-refractivity contribution in [2.75, 3.05) is 27.2 Å². The molecule has 1 aromatic carbocycles. The molecule has 2 aliphatic heterocycles. The highest BCUT2D eigenvalue weighted by molar-refractivity contribution is 6.01. The lowest BCUT2D eigenvalue weighted by Crippen LogP contribution is -2.45. The molecule has 0 aliphatic carbocycles. The van der Waals surface area contributed by atoms with Crippen molar-refractivity contribution in [1.82, 2.24) is 15.1 Å². The smallest absolute Gasteiger partial charge is 0.322 e. The Bertz CT molecular complexity index is 711.